The summed E-state index contributed by atoms with van der Waals surface area (Å²) in [7, 11) is 0. The molecule has 1 heterocycles. The maximum atomic E-state index is 12.1. The molecule has 0 saturated carbocycles. The largest absolute Gasteiger partial charge is 0.459 e. The molecule has 3 rings (SSSR count). The van der Waals surface area contributed by atoms with E-state index in [1.165, 1.54) is 6.07 Å². The predicted molar refractivity (Wildman–Crippen MR) is 108 cm³/mol. The average Bonchev–Trinajstić information content (AvgIpc) is 2.67. The summed E-state index contributed by atoms with van der Waals surface area (Å²) < 4.78 is 11.3. The first-order chi connectivity index (χ1) is 13.3. The Labute approximate surface area is 169 Å². The van der Waals surface area contributed by atoms with Gasteiger partial charge in [-0.25, -0.2) is 4.79 Å². The Kier molecular flexibility index (Phi) is 5.94. The van der Waals surface area contributed by atoms with Crippen molar-refractivity contribution in [2.24, 2.45) is 0 Å². The number of halogens is 1. The number of benzene rings is 2. The van der Waals surface area contributed by atoms with Crippen molar-refractivity contribution in [3.05, 3.63) is 79.6 Å². The lowest BCUT2D eigenvalue weighted by Crippen LogP contribution is -2.30. The number of esters is 1. The highest BCUT2D eigenvalue weighted by Gasteiger charge is 2.13. The molecular formula is C21H18BrNO5. The van der Waals surface area contributed by atoms with Gasteiger partial charge in [0.15, 0.2) is 0 Å². The van der Waals surface area contributed by atoms with E-state index in [-0.39, 0.29) is 19.1 Å². The van der Waals surface area contributed by atoms with Crippen LogP contribution in [0.4, 0.5) is 0 Å². The fraction of sp³-hybridized carbons (Fsp3) is 0.190. The van der Waals surface area contributed by atoms with Crippen LogP contribution in [0.3, 0.4) is 0 Å². The third-order valence-corrected chi connectivity index (χ3v) is 4.88. The van der Waals surface area contributed by atoms with Crippen molar-refractivity contribution in [1.29, 1.82) is 0 Å². The first kappa shape index (κ1) is 19.8. The Bertz CT molecular complexity index is 1120. The lowest BCUT2D eigenvalue weighted by Gasteiger charge is -2.10. The van der Waals surface area contributed by atoms with Gasteiger partial charge in [0.1, 0.15) is 18.7 Å². The fourth-order valence-corrected chi connectivity index (χ4v) is 3.14. The van der Waals surface area contributed by atoms with Crippen molar-refractivity contribution >= 4 is 38.8 Å². The summed E-state index contributed by atoms with van der Waals surface area (Å²) in [6.07, 6.45) is 0. The van der Waals surface area contributed by atoms with Gasteiger partial charge in [-0.15, -0.1) is 0 Å². The Morgan fingerprint density at radius 1 is 1.14 bits per heavy atom. The Morgan fingerprint density at radius 3 is 2.68 bits per heavy atom. The van der Waals surface area contributed by atoms with E-state index >= 15 is 0 Å². The third-order valence-electron chi connectivity index (χ3n) is 4.39. The van der Waals surface area contributed by atoms with E-state index in [9.17, 15) is 14.4 Å². The quantitative estimate of drug-likeness (QED) is 0.480. The number of ether oxygens (including phenoxy) is 1. The summed E-state index contributed by atoms with van der Waals surface area (Å²) in [5, 5.41) is 3.23. The summed E-state index contributed by atoms with van der Waals surface area (Å²) in [6, 6.07) is 11.9. The minimum absolute atomic E-state index is 0.0871. The van der Waals surface area contributed by atoms with Crippen LogP contribution in [0.1, 0.15) is 27.0 Å². The van der Waals surface area contributed by atoms with Gasteiger partial charge in [-0.3, -0.25) is 9.59 Å². The maximum Gasteiger partial charge on any atom is 0.336 e. The van der Waals surface area contributed by atoms with Crippen molar-refractivity contribution in [3.8, 4) is 0 Å². The molecule has 28 heavy (non-hydrogen) atoms. The highest BCUT2D eigenvalue weighted by atomic mass is 79.9. The lowest BCUT2D eigenvalue weighted by atomic mass is 10.0. The standard InChI is InChI=1S/C21H18BrNO5/c1-12-6-7-17-15(9-18(24)28-20(17)13(12)2)11-27-19(25)10-23-21(26)14-4-3-5-16(22)8-14/h3-9H,10-11H2,1-2H3,(H,23,26). The van der Waals surface area contributed by atoms with Crippen LogP contribution >= 0.6 is 15.9 Å². The molecule has 0 aliphatic rings. The van der Waals surface area contributed by atoms with E-state index in [0.29, 0.717) is 22.1 Å². The summed E-state index contributed by atoms with van der Waals surface area (Å²) in [6.45, 7) is 3.43. The van der Waals surface area contributed by atoms with E-state index < -0.39 is 11.6 Å². The molecular weight excluding hydrogens is 426 g/mol. The molecule has 0 spiro atoms. The molecule has 1 amide bonds. The number of amides is 1. The number of aryl methyl sites for hydroxylation is 2. The smallest absolute Gasteiger partial charge is 0.336 e. The van der Waals surface area contributed by atoms with Crippen LogP contribution in [-0.2, 0) is 16.1 Å². The lowest BCUT2D eigenvalue weighted by molar-refractivity contribution is -0.143. The molecule has 0 unspecified atom stereocenters. The van der Waals surface area contributed by atoms with Crippen molar-refractivity contribution in [1.82, 2.24) is 5.32 Å². The molecule has 1 aromatic heterocycles. The molecule has 0 atom stereocenters. The summed E-state index contributed by atoms with van der Waals surface area (Å²) in [4.78, 5) is 35.9. The van der Waals surface area contributed by atoms with Crippen LogP contribution in [0.5, 0.6) is 0 Å². The maximum absolute atomic E-state index is 12.1. The van der Waals surface area contributed by atoms with Crippen molar-refractivity contribution in [2.45, 2.75) is 20.5 Å². The molecule has 0 saturated heterocycles. The highest BCUT2D eigenvalue weighted by molar-refractivity contribution is 9.10. The van der Waals surface area contributed by atoms with Gasteiger partial charge >= 0.3 is 11.6 Å². The molecule has 3 aromatic rings. The first-order valence-corrected chi connectivity index (χ1v) is 9.37. The third kappa shape index (κ3) is 4.48. The highest BCUT2D eigenvalue weighted by Crippen LogP contribution is 2.23. The normalized spacial score (nSPS) is 10.7. The van der Waals surface area contributed by atoms with Crippen molar-refractivity contribution in [2.75, 3.05) is 6.54 Å². The van der Waals surface area contributed by atoms with Gasteiger partial charge in [-0.1, -0.05) is 34.1 Å². The average molecular weight is 444 g/mol. The van der Waals surface area contributed by atoms with E-state index in [2.05, 4.69) is 21.2 Å². The van der Waals surface area contributed by atoms with Gasteiger partial charge in [0.2, 0.25) is 0 Å². The van der Waals surface area contributed by atoms with Crippen molar-refractivity contribution in [3.63, 3.8) is 0 Å². The Balaban J connectivity index is 1.66. The molecule has 2 aromatic carbocycles. The minimum Gasteiger partial charge on any atom is -0.459 e. The Hall–Kier alpha value is -2.93. The molecule has 0 fully saturated rings. The summed E-state index contributed by atoms with van der Waals surface area (Å²) >= 11 is 3.29. The molecule has 0 aliphatic heterocycles. The first-order valence-electron chi connectivity index (χ1n) is 8.57. The zero-order chi connectivity index (χ0) is 20.3. The second-order valence-corrected chi connectivity index (χ2v) is 7.24. The zero-order valence-electron chi connectivity index (χ0n) is 15.4. The number of rotatable bonds is 5. The van der Waals surface area contributed by atoms with Gasteiger partial charge in [0, 0.05) is 27.1 Å². The van der Waals surface area contributed by atoms with Crippen LogP contribution in [0.15, 0.2) is 56.1 Å². The van der Waals surface area contributed by atoms with Gasteiger partial charge in [0.25, 0.3) is 5.91 Å². The monoisotopic (exact) mass is 443 g/mol. The number of carbonyl (C=O) groups is 2. The zero-order valence-corrected chi connectivity index (χ0v) is 17.0. The van der Waals surface area contributed by atoms with Gasteiger partial charge in [-0.05, 0) is 43.2 Å². The number of hydrogen-bond donors (Lipinski definition) is 1. The van der Waals surface area contributed by atoms with Crippen LogP contribution in [-0.4, -0.2) is 18.4 Å². The topological polar surface area (TPSA) is 85.6 Å². The van der Waals surface area contributed by atoms with Gasteiger partial charge < -0.3 is 14.5 Å². The van der Waals surface area contributed by atoms with Crippen molar-refractivity contribution < 1.29 is 18.7 Å². The fourth-order valence-electron chi connectivity index (χ4n) is 2.74. The minimum atomic E-state index is -0.603. The number of nitrogens with one attached hydrogen (secondary N) is 1. The molecule has 0 aliphatic carbocycles. The molecule has 7 heteroatoms. The van der Waals surface area contributed by atoms with Crippen LogP contribution in [0.25, 0.3) is 11.0 Å². The van der Waals surface area contributed by atoms with E-state index in [1.807, 2.05) is 26.0 Å². The summed E-state index contributed by atoms with van der Waals surface area (Å²) in [5.41, 5.74) is 2.83. The molecule has 0 bridgehead atoms. The Morgan fingerprint density at radius 2 is 1.93 bits per heavy atom. The molecule has 6 nitrogen and oxygen atoms in total. The SMILES string of the molecule is Cc1ccc2c(COC(=O)CNC(=O)c3cccc(Br)c3)cc(=O)oc2c1C. The molecule has 144 valence electrons. The van der Waals surface area contributed by atoms with Crippen LogP contribution in [0.2, 0.25) is 0 Å². The molecule has 1 N–H and O–H groups in total. The van der Waals surface area contributed by atoms with Gasteiger partial charge in [0.05, 0.1) is 0 Å². The van der Waals surface area contributed by atoms with Crippen LogP contribution < -0.4 is 10.9 Å². The van der Waals surface area contributed by atoms with E-state index in [4.69, 9.17) is 9.15 Å². The number of carbonyl (C=O) groups excluding carboxylic acids is 2. The summed E-state index contributed by atoms with van der Waals surface area (Å²) in [5.74, 6) is -0.983. The van der Waals surface area contributed by atoms with Gasteiger partial charge in [-0.2, -0.15) is 0 Å². The number of fused-ring (bicyclic) bond motifs is 1. The predicted octanol–water partition coefficient (Wildman–Crippen LogP) is 3.65. The molecule has 0 radical (unpaired) electrons. The number of hydrogen-bond acceptors (Lipinski definition) is 5. The van der Waals surface area contributed by atoms with E-state index in [0.717, 1.165) is 15.6 Å². The van der Waals surface area contributed by atoms with Crippen LogP contribution in [0, 0.1) is 13.8 Å². The van der Waals surface area contributed by atoms with E-state index in [1.54, 1.807) is 24.3 Å². The second-order valence-electron chi connectivity index (χ2n) is 6.33. The second kappa shape index (κ2) is 8.39.